The molecule has 0 radical (unpaired) electrons. The van der Waals surface area contributed by atoms with Crippen molar-refractivity contribution >= 4 is 26.0 Å². The Balaban J connectivity index is 0. The van der Waals surface area contributed by atoms with Crippen LogP contribution in [-0.2, 0) is 21.9 Å². The maximum atomic E-state index is 9.98. The molecule has 1 unspecified atom stereocenters. The molecule has 0 aromatic carbocycles. The summed E-state index contributed by atoms with van der Waals surface area (Å²) in [6, 6.07) is 0. The monoisotopic (exact) mass is 514 g/mol. The summed E-state index contributed by atoms with van der Waals surface area (Å²) < 4.78 is 5.04. The molecule has 2 aliphatic carbocycles. The molecule has 0 bridgehead atoms. The van der Waals surface area contributed by atoms with Crippen LogP contribution < -0.4 is 0 Å². The zero-order valence-corrected chi connectivity index (χ0v) is 22.0. The van der Waals surface area contributed by atoms with Gasteiger partial charge in [0.1, 0.15) is 0 Å². The zero-order chi connectivity index (χ0) is 18.6. The van der Waals surface area contributed by atoms with E-state index in [1.165, 1.54) is 77.0 Å². The van der Waals surface area contributed by atoms with Gasteiger partial charge in [0, 0.05) is 0 Å². The molecule has 1 nitrogen and oxygen atoms in total. The first-order chi connectivity index (χ1) is 12.3. The molecular formula is C23H46FeOSn+2. The minimum Gasteiger partial charge on any atom is -0.319 e. The zero-order valence-electron chi connectivity index (χ0n) is 18.0. The summed E-state index contributed by atoms with van der Waals surface area (Å²) in [5.74, 6) is 0.292. The molecule has 0 aromatic heterocycles. The van der Waals surface area contributed by atoms with Crippen molar-refractivity contribution < 1.29 is 21.9 Å². The molecular weight excluding hydrogens is 467 g/mol. The van der Waals surface area contributed by atoms with Crippen molar-refractivity contribution in [1.29, 1.82) is 0 Å². The van der Waals surface area contributed by atoms with Crippen LogP contribution in [0.5, 0.6) is 0 Å². The fourth-order valence-electron chi connectivity index (χ4n) is 3.47. The van der Waals surface area contributed by atoms with Gasteiger partial charge in [-0.2, -0.15) is 6.42 Å². The summed E-state index contributed by atoms with van der Waals surface area (Å²) in [4.78, 5) is 9.98. The van der Waals surface area contributed by atoms with E-state index in [1.807, 2.05) is 0 Å². The smallest absolute Gasteiger partial charge is 0.319 e. The van der Waals surface area contributed by atoms with Crippen LogP contribution in [0.3, 0.4) is 0 Å². The Kier molecular flexibility index (Phi) is 27.0. The fraction of sp³-hybridized carbons (Fsp3) is 0.913. The van der Waals surface area contributed by atoms with E-state index in [0.29, 0.717) is 5.92 Å². The standard InChI is InChI=1S/C6H9O.C5H10.3C4H9.Fe.Sn/c7-5-6-3-1-2-4-6;1-2-4-5-3-1;3*1-3-4-2;;/h3,5-6H,1-2,4H2;1-5H2;3*1,3-4H2,2H3;;/q-1;;;;;+2;+1. The van der Waals surface area contributed by atoms with E-state index in [-0.39, 0.29) is 17.1 Å². The van der Waals surface area contributed by atoms with Gasteiger partial charge < -0.3 is 11.2 Å². The van der Waals surface area contributed by atoms with Crippen molar-refractivity contribution in [2.45, 2.75) is 124 Å². The molecule has 2 aliphatic rings. The number of hydrogen-bond acceptors (Lipinski definition) is 1. The number of rotatable bonds is 10. The molecule has 0 spiro atoms. The average Bonchev–Trinajstić information content (AvgIpc) is 3.37. The second-order valence-electron chi connectivity index (χ2n) is 7.79. The summed E-state index contributed by atoms with van der Waals surface area (Å²) in [5.41, 5.74) is 0. The molecule has 0 amide bonds. The Hall–Kier alpha value is 0.988. The fourth-order valence-corrected chi connectivity index (χ4v) is 12.9. The molecule has 0 heterocycles. The predicted octanol–water partition coefficient (Wildman–Crippen LogP) is 8.02. The topological polar surface area (TPSA) is 17.1 Å². The van der Waals surface area contributed by atoms with Gasteiger partial charge >= 0.3 is 109 Å². The summed E-state index contributed by atoms with van der Waals surface area (Å²) in [5, 5.41) is 0. The van der Waals surface area contributed by atoms with Crippen LogP contribution in [0.1, 0.15) is 111 Å². The van der Waals surface area contributed by atoms with Crippen molar-refractivity contribution in [3.05, 3.63) is 6.42 Å². The Morgan fingerprint density at radius 3 is 1.46 bits per heavy atom. The summed E-state index contributed by atoms with van der Waals surface area (Å²) in [7, 11) is 0. The van der Waals surface area contributed by atoms with E-state index in [2.05, 4.69) is 27.2 Å². The van der Waals surface area contributed by atoms with Gasteiger partial charge in [-0.05, 0) is 0 Å². The normalized spacial score (nSPS) is 18.0. The van der Waals surface area contributed by atoms with Crippen LogP contribution in [0.25, 0.3) is 0 Å². The van der Waals surface area contributed by atoms with Gasteiger partial charge in [-0.3, -0.25) is 0 Å². The van der Waals surface area contributed by atoms with E-state index < -0.39 is 19.8 Å². The molecule has 0 saturated heterocycles. The van der Waals surface area contributed by atoms with Crippen LogP contribution in [0.2, 0.25) is 13.3 Å². The Morgan fingerprint density at radius 1 is 0.808 bits per heavy atom. The Morgan fingerprint density at radius 2 is 1.23 bits per heavy atom. The number of hydrogen-bond donors (Lipinski definition) is 0. The van der Waals surface area contributed by atoms with Crippen molar-refractivity contribution in [1.82, 2.24) is 0 Å². The maximum absolute atomic E-state index is 9.98. The van der Waals surface area contributed by atoms with Gasteiger partial charge in [0.05, 0.1) is 6.29 Å². The van der Waals surface area contributed by atoms with E-state index >= 15 is 0 Å². The van der Waals surface area contributed by atoms with Crippen molar-refractivity contribution in [3.63, 3.8) is 0 Å². The van der Waals surface area contributed by atoms with E-state index in [0.717, 1.165) is 19.1 Å². The number of aldehydes is 1. The second-order valence-corrected chi connectivity index (χ2v) is 16.4. The third kappa shape index (κ3) is 19.7. The molecule has 1 atom stereocenters. The molecule has 26 heavy (non-hydrogen) atoms. The molecule has 0 aliphatic heterocycles. The van der Waals surface area contributed by atoms with Crippen LogP contribution in [0.4, 0.5) is 0 Å². The largest absolute Gasteiger partial charge is 2.00 e. The van der Waals surface area contributed by atoms with Gasteiger partial charge in [-0.15, -0.1) is 5.92 Å². The van der Waals surface area contributed by atoms with Gasteiger partial charge in [0.25, 0.3) is 0 Å². The third-order valence-corrected chi connectivity index (χ3v) is 14.4. The quantitative estimate of drug-likeness (QED) is 0.164. The minimum absolute atomic E-state index is 0. The van der Waals surface area contributed by atoms with E-state index in [4.69, 9.17) is 0 Å². The third-order valence-electron chi connectivity index (χ3n) is 5.29. The first-order valence-electron chi connectivity index (χ1n) is 11.4. The first-order valence-corrected chi connectivity index (χ1v) is 17.5. The van der Waals surface area contributed by atoms with Gasteiger partial charge in [-0.25, -0.2) is 0 Å². The number of carbonyl (C=O) groups is 1. The molecule has 2 rings (SSSR count). The van der Waals surface area contributed by atoms with Crippen molar-refractivity contribution in [3.8, 4) is 0 Å². The van der Waals surface area contributed by atoms with Crippen LogP contribution in [0, 0.1) is 12.3 Å². The van der Waals surface area contributed by atoms with Crippen molar-refractivity contribution in [2.75, 3.05) is 0 Å². The van der Waals surface area contributed by atoms with Gasteiger partial charge in [0.2, 0.25) is 0 Å². The Labute approximate surface area is 183 Å². The molecule has 154 valence electrons. The molecule has 0 N–H and O–H groups in total. The molecule has 3 heteroatoms. The number of unbranched alkanes of at least 4 members (excludes halogenated alkanes) is 3. The predicted molar refractivity (Wildman–Crippen MR) is 116 cm³/mol. The summed E-state index contributed by atoms with van der Waals surface area (Å²) >= 11 is -0.839. The molecule has 2 fully saturated rings. The van der Waals surface area contributed by atoms with E-state index in [9.17, 15) is 4.79 Å². The molecule has 0 aromatic rings. The van der Waals surface area contributed by atoms with Crippen LogP contribution in [0.15, 0.2) is 0 Å². The first kappa shape index (κ1) is 29.2. The van der Waals surface area contributed by atoms with Gasteiger partial charge in [0.15, 0.2) is 0 Å². The molecule has 2 saturated carbocycles. The maximum Gasteiger partial charge on any atom is 2.00 e. The minimum atomic E-state index is -0.839. The van der Waals surface area contributed by atoms with E-state index in [1.54, 1.807) is 13.3 Å². The Bertz CT molecular complexity index is 236. The van der Waals surface area contributed by atoms with Gasteiger partial charge in [-0.1, -0.05) is 44.9 Å². The van der Waals surface area contributed by atoms with Crippen LogP contribution in [-0.4, -0.2) is 26.0 Å². The second kappa shape index (κ2) is 24.0. The summed E-state index contributed by atoms with van der Waals surface area (Å²) in [6.07, 6.45) is 22.9. The average molecular weight is 513 g/mol. The summed E-state index contributed by atoms with van der Waals surface area (Å²) in [6.45, 7) is 7.00. The SMILES string of the molecule is C1CCCC1.CCC[CH2][Sn+]([CH2]CCC)[CH2]CCC.O=CC1[CH-]CCC1.[Fe+2]. The van der Waals surface area contributed by atoms with Crippen LogP contribution >= 0.6 is 0 Å². The number of carbonyl (C=O) groups excluding carboxylic acids is 1. The van der Waals surface area contributed by atoms with Crippen molar-refractivity contribution in [2.24, 2.45) is 5.92 Å².